The van der Waals surface area contributed by atoms with E-state index in [1.807, 2.05) is 42.5 Å². The monoisotopic (exact) mass is 399 g/mol. The van der Waals surface area contributed by atoms with Crippen LogP contribution in [0.3, 0.4) is 0 Å². The van der Waals surface area contributed by atoms with Crippen LogP contribution in [-0.2, 0) is 0 Å². The lowest BCUT2D eigenvalue weighted by Gasteiger charge is -2.15. The zero-order chi connectivity index (χ0) is 15.1. The summed E-state index contributed by atoms with van der Waals surface area (Å²) in [5.74, 6) is 1.42. The molecular formula is C16H18INO3. The molecule has 0 saturated carbocycles. The van der Waals surface area contributed by atoms with E-state index in [2.05, 4.69) is 27.9 Å². The van der Waals surface area contributed by atoms with Gasteiger partial charge >= 0.3 is 0 Å². The first-order valence-corrected chi connectivity index (χ1v) is 7.70. The van der Waals surface area contributed by atoms with Gasteiger partial charge in [0.15, 0.2) is 0 Å². The zero-order valence-electron chi connectivity index (χ0n) is 11.8. The van der Waals surface area contributed by atoms with E-state index < -0.39 is 6.10 Å². The van der Waals surface area contributed by atoms with Crippen LogP contribution in [0.1, 0.15) is 0 Å². The van der Waals surface area contributed by atoms with Crippen molar-refractivity contribution in [3.8, 4) is 11.5 Å². The Morgan fingerprint density at radius 3 is 2.67 bits per heavy atom. The highest BCUT2D eigenvalue weighted by atomic mass is 127. The Morgan fingerprint density at radius 1 is 1.14 bits per heavy atom. The first kappa shape index (κ1) is 15.9. The lowest BCUT2D eigenvalue weighted by atomic mass is 10.3. The third-order valence-electron chi connectivity index (χ3n) is 2.89. The predicted molar refractivity (Wildman–Crippen MR) is 92.1 cm³/mol. The molecule has 0 aliphatic heterocycles. The minimum absolute atomic E-state index is 0.226. The first-order valence-electron chi connectivity index (χ1n) is 6.62. The SMILES string of the molecule is COc1cccc(OCC(O)CNc2ccccc2I)c1. The molecule has 0 heterocycles. The summed E-state index contributed by atoms with van der Waals surface area (Å²) >= 11 is 2.26. The van der Waals surface area contributed by atoms with Gasteiger partial charge in [-0.1, -0.05) is 18.2 Å². The molecule has 21 heavy (non-hydrogen) atoms. The van der Waals surface area contributed by atoms with Gasteiger partial charge in [-0.25, -0.2) is 0 Å². The van der Waals surface area contributed by atoms with Gasteiger partial charge in [0.2, 0.25) is 0 Å². The molecule has 0 spiro atoms. The molecule has 4 nitrogen and oxygen atoms in total. The Kier molecular flexibility index (Phi) is 6.13. The number of para-hydroxylation sites is 1. The van der Waals surface area contributed by atoms with Crippen molar-refractivity contribution in [2.75, 3.05) is 25.6 Å². The molecular weight excluding hydrogens is 381 g/mol. The fraction of sp³-hybridized carbons (Fsp3) is 0.250. The van der Waals surface area contributed by atoms with Gasteiger partial charge in [-0.3, -0.25) is 0 Å². The minimum atomic E-state index is -0.591. The summed E-state index contributed by atoms with van der Waals surface area (Å²) in [7, 11) is 1.61. The van der Waals surface area contributed by atoms with E-state index in [9.17, 15) is 5.11 Å². The molecule has 0 fully saturated rings. The molecule has 0 aliphatic carbocycles. The standard InChI is InChI=1S/C16H18INO3/c1-20-13-5-4-6-14(9-13)21-11-12(19)10-18-16-8-3-2-7-15(16)17/h2-9,12,18-19H,10-11H2,1H3. The number of rotatable bonds is 7. The van der Waals surface area contributed by atoms with Gasteiger partial charge in [-0.05, 0) is 46.9 Å². The van der Waals surface area contributed by atoms with Crippen molar-refractivity contribution in [3.63, 3.8) is 0 Å². The average molecular weight is 399 g/mol. The number of anilines is 1. The highest BCUT2D eigenvalue weighted by molar-refractivity contribution is 14.1. The summed E-state index contributed by atoms with van der Waals surface area (Å²) in [6, 6.07) is 15.3. The van der Waals surface area contributed by atoms with Crippen LogP contribution >= 0.6 is 22.6 Å². The number of aliphatic hydroxyl groups excluding tert-OH is 1. The molecule has 0 radical (unpaired) electrons. The molecule has 2 N–H and O–H groups in total. The third-order valence-corrected chi connectivity index (χ3v) is 3.83. The van der Waals surface area contributed by atoms with Crippen molar-refractivity contribution in [2.24, 2.45) is 0 Å². The summed E-state index contributed by atoms with van der Waals surface area (Å²) in [6.45, 7) is 0.660. The second-order valence-electron chi connectivity index (χ2n) is 4.50. The summed E-state index contributed by atoms with van der Waals surface area (Å²) in [5, 5.41) is 13.2. The second-order valence-corrected chi connectivity index (χ2v) is 5.67. The molecule has 2 aromatic carbocycles. The Hall–Kier alpha value is -1.47. The molecule has 2 aromatic rings. The number of hydrogen-bond donors (Lipinski definition) is 2. The fourth-order valence-corrected chi connectivity index (χ4v) is 2.35. The Labute approximate surface area is 138 Å². The largest absolute Gasteiger partial charge is 0.497 e. The number of methoxy groups -OCH3 is 1. The van der Waals surface area contributed by atoms with E-state index in [0.29, 0.717) is 12.3 Å². The summed E-state index contributed by atoms with van der Waals surface area (Å²) in [4.78, 5) is 0. The van der Waals surface area contributed by atoms with Crippen LogP contribution in [0.5, 0.6) is 11.5 Å². The van der Waals surface area contributed by atoms with Crippen LogP contribution < -0.4 is 14.8 Å². The predicted octanol–water partition coefficient (Wildman–Crippen LogP) is 3.15. The molecule has 5 heteroatoms. The quantitative estimate of drug-likeness (QED) is 0.703. The first-order chi connectivity index (χ1) is 10.2. The van der Waals surface area contributed by atoms with E-state index in [1.165, 1.54) is 0 Å². The molecule has 0 saturated heterocycles. The van der Waals surface area contributed by atoms with Gasteiger partial charge < -0.3 is 19.9 Å². The van der Waals surface area contributed by atoms with E-state index in [1.54, 1.807) is 13.2 Å². The van der Waals surface area contributed by atoms with Crippen LogP contribution in [0.25, 0.3) is 0 Å². The van der Waals surface area contributed by atoms with Gasteiger partial charge in [-0.2, -0.15) is 0 Å². The summed E-state index contributed by atoms with van der Waals surface area (Å²) in [6.07, 6.45) is -0.591. The second kappa shape index (κ2) is 8.09. The Balaban J connectivity index is 1.79. The number of benzene rings is 2. The van der Waals surface area contributed by atoms with E-state index in [-0.39, 0.29) is 6.61 Å². The van der Waals surface area contributed by atoms with Crippen LogP contribution in [-0.4, -0.2) is 31.5 Å². The fourth-order valence-electron chi connectivity index (χ4n) is 1.77. The van der Waals surface area contributed by atoms with Crippen LogP contribution in [0.2, 0.25) is 0 Å². The molecule has 112 valence electrons. The molecule has 1 unspecified atom stereocenters. The summed E-state index contributed by atoms with van der Waals surface area (Å²) < 4.78 is 11.8. The number of aliphatic hydroxyl groups is 1. The Bertz CT molecular complexity index is 577. The lowest BCUT2D eigenvalue weighted by molar-refractivity contribution is 0.117. The van der Waals surface area contributed by atoms with Gasteiger partial charge in [0.1, 0.15) is 24.2 Å². The Morgan fingerprint density at radius 2 is 1.90 bits per heavy atom. The summed E-state index contributed by atoms with van der Waals surface area (Å²) in [5.41, 5.74) is 1.01. The van der Waals surface area contributed by atoms with Crippen LogP contribution in [0, 0.1) is 3.57 Å². The van der Waals surface area contributed by atoms with Gasteiger partial charge in [-0.15, -0.1) is 0 Å². The minimum Gasteiger partial charge on any atom is -0.497 e. The molecule has 2 rings (SSSR count). The normalized spacial score (nSPS) is 11.8. The lowest BCUT2D eigenvalue weighted by Crippen LogP contribution is -2.26. The third kappa shape index (κ3) is 5.09. The van der Waals surface area contributed by atoms with Crippen molar-refractivity contribution in [1.29, 1.82) is 0 Å². The smallest absolute Gasteiger partial charge is 0.123 e. The highest BCUT2D eigenvalue weighted by Gasteiger charge is 2.07. The van der Waals surface area contributed by atoms with Crippen molar-refractivity contribution >= 4 is 28.3 Å². The van der Waals surface area contributed by atoms with Crippen LogP contribution in [0.4, 0.5) is 5.69 Å². The van der Waals surface area contributed by atoms with Gasteiger partial charge in [0.05, 0.1) is 7.11 Å². The molecule has 0 amide bonds. The maximum absolute atomic E-state index is 9.97. The van der Waals surface area contributed by atoms with Gasteiger partial charge in [0, 0.05) is 21.9 Å². The van der Waals surface area contributed by atoms with Crippen molar-refractivity contribution in [1.82, 2.24) is 0 Å². The maximum atomic E-state index is 9.97. The van der Waals surface area contributed by atoms with Crippen molar-refractivity contribution in [2.45, 2.75) is 6.10 Å². The van der Waals surface area contributed by atoms with E-state index >= 15 is 0 Å². The van der Waals surface area contributed by atoms with E-state index in [0.717, 1.165) is 15.0 Å². The number of ether oxygens (including phenoxy) is 2. The number of halogens is 1. The highest BCUT2D eigenvalue weighted by Crippen LogP contribution is 2.19. The van der Waals surface area contributed by atoms with Crippen molar-refractivity contribution in [3.05, 3.63) is 52.1 Å². The molecule has 0 aromatic heterocycles. The molecule has 0 aliphatic rings. The van der Waals surface area contributed by atoms with Gasteiger partial charge in [0.25, 0.3) is 0 Å². The topological polar surface area (TPSA) is 50.7 Å². The number of nitrogens with one attached hydrogen (secondary N) is 1. The number of hydrogen-bond acceptors (Lipinski definition) is 4. The maximum Gasteiger partial charge on any atom is 0.123 e. The average Bonchev–Trinajstić information content (AvgIpc) is 2.52. The zero-order valence-corrected chi connectivity index (χ0v) is 13.9. The van der Waals surface area contributed by atoms with Crippen LogP contribution in [0.15, 0.2) is 48.5 Å². The molecule has 1 atom stereocenters. The van der Waals surface area contributed by atoms with E-state index in [4.69, 9.17) is 9.47 Å². The van der Waals surface area contributed by atoms with Crippen molar-refractivity contribution < 1.29 is 14.6 Å². The molecule has 0 bridgehead atoms.